The summed E-state index contributed by atoms with van der Waals surface area (Å²) in [4.78, 5) is 0. The van der Waals surface area contributed by atoms with Gasteiger partial charge in [-0.1, -0.05) is 18.6 Å². The molecule has 0 amide bonds. The first-order chi connectivity index (χ1) is 8.31. The highest BCUT2D eigenvalue weighted by Crippen LogP contribution is 2.33. The van der Waals surface area contributed by atoms with E-state index in [9.17, 15) is 0 Å². The van der Waals surface area contributed by atoms with Crippen molar-refractivity contribution in [2.45, 2.75) is 45.1 Å². The van der Waals surface area contributed by atoms with E-state index < -0.39 is 0 Å². The van der Waals surface area contributed by atoms with E-state index in [1.54, 1.807) is 16.9 Å². The minimum absolute atomic E-state index is 0.442. The van der Waals surface area contributed by atoms with Gasteiger partial charge < -0.3 is 5.32 Å². The molecule has 1 atom stereocenters. The summed E-state index contributed by atoms with van der Waals surface area (Å²) in [5, 5.41) is 5.96. The maximum Gasteiger partial charge on any atom is 0.0701 e. The van der Waals surface area contributed by atoms with Crippen LogP contribution >= 0.6 is 27.3 Å². The maximum atomic E-state index is 3.69. The van der Waals surface area contributed by atoms with Crippen LogP contribution in [0.5, 0.6) is 0 Å². The third-order valence-corrected chi connectivity index (χ3v) is 4.74. The monoisotopic (exact) mass is 313 g/mol. The van der Waals surface area contributed by atoms with Crippen LogP contribution in [0.15, 0.2) is 26.9 Å². The van der Waals surface area contributed by atoms with Crippen LogP contribution < -0.4 is 5.32 Å². The molecule has 1 aliphatic carbocycles. The molecule has 0 bridgehead atoms. The van der Waals surface area contributed by atoms with Crippen LogP contribution in [0.25, 0.3) is 0 Å². The standard InChI is InChI=1S/C14H20BrNS/c1-2-8-16-14(11-6-4-3-5-7-11)12-9-13(15)17-10-12/h6,9-10,14,16H,2-5,7-8H2,1H3. The molecule has 0 saturated heterocycles. The van der Waals surface area contributed by atoms with E-state index in [-0.39, 0.29) is 0 Å². The van der Waals surface area contributed by atoms with Crippen molar-refractivity contribution in [2.24, 2.45) is 0 Å². The lowest BCUT2D eigenvalue weighted by molar-refractivity contribution is 0.548. The van der Waals surface area contributed by atoms with E-state index in [0.29, 0.717) is 6.04 Å². The molecule has 2 rings (SSSR count). The molecule has 1 aliphatic rings. The van der Waals surface area contributed by atoms with E-state index in [0.717, 1.165) is 6.54 Å². The Balaban J connectivity index is 2.15. The lowest BCUT2D eigenvalue weighted by Crippen LogP contribution is -2.24. The highest BCUT2D eigenvalue weighted by atomic mass is 79.9. The molecule has 0 aliphatic heterocycles. The minimum Gasteiger partial charge on any atom is -0.307 e. The summed E-state index contributed by atoms with van der Waals surface area (Å²) in [6.07, 6.45) is 8.86. The van der Waals surface area contributed by atoms with Gasteiger partial charge in [0.2, 0.25) is 0 Å². The van der Waals surface area contributed by atoms with Crippen molar-refractivity contribution in [3.8, 4) is 0 Å². The molecule has 0 saturated carbocycles. The molecule has 1 nitrogen and oxygen atoms in total. The average Bonchev–Trinajstić information content (AvgIpc) is 2.78. The van der Waals surface area contributed by atoms with Crippen molar-refractivity contribution in [1.82, 2.24) is 5.32 Å². The molecular formula is C14H20BrNS. The molecule has 1 N–H and O–H groups in total. The zero-order chi connectivity index (χ0) is 12.1. The van der Waals surface area contributed by atoms with Crippen molar-refractivity contribution in [1.29, 1.82) is 0 Å². The predicted octanol–water partition coefficient (Wildman–Crippen LogP) is 5.05. The zero-order valence-electron chi connectivity index (χ0n) is 10.3. The molecular weight excluding hydrogens is 294 g/mol. The van der Waals surface area contributed by atoms with Crippen LogP contribution in [0.3, 0.4) is 0 Å². The summed E-state index contributed by atoms with van der Waals surface area (Å²) in [7, 11) is 0. The Morgan fingerprint density at radius 1 is 1.47 bits per heavy atom. The van der Waals surface area contributed by atoms with Gasteiger partial charge in [-0.3, -0.25) is 0 Å². The second kappa shape index (κ2) is 6.72. The van der Waals surface area contributed by atoms with E-state index in [4.69, 9.17) is 0 Å². The van der Waals surface area contributed by atoms with Gasteiger partial charge >= 0.3 is 0 Å². The number of thiophene rings is 1. The molecule has 1 heterocycles. The summed E-state index contributed by atoms with van der Waals surface area (Å²) < 4.78 is 1.23. The lowest BCUT2D eigenvalue weighted by atomic mass is 9.91. The Hall–Kier alpha value is -0.120. The van der Waals surface area contributed by atoms with Crippen molar-refractivity contribution in [2.75, 3.05) is 6.54 Å². The van der Waals surface area contributed by atoms with Crippen LogP contribution in [-0.2, 0) is 0 Å². The summed E-state index contributed by atoms with van der Waals surface area (Å²) >= 11 is 5.34. The van der Waals surface area contributed by atoms with Gasteiger partial charge in [0.25, 0.3) is 0 Å². The highest BCUT2D eigenvalue weighted by Gasteiger charge is 2.18. The highest BCUT2D eigenvalue weighted by molar-refractivity contribution is 9.11. The fourth-order valence-electron chi connectivity index (χ4n) is 2.35. The minimum atomic E-state index is 0.442. The van der Waals surface area contributed by atoms with E-state index >= 15 is 0 Å². The maximum absolute atomic E-state index is 3.69. The number of hydrogen-bond acceptors (Lipinski definition) is 2. The van der Waals surface area contributed by atoms with Gasteiger partial charge in [-0.25, -0.2) is 0 Å². The van der Waals surface area contributed by atoms with Crippen molar-refractivity contribution in [3.63, 3.8) is 0 Å². The third kappa shape index (κ3) is 3.67. The summed E-state index contributed by atoms with van der Waals surface area (Å²) in [5.74, 6) is 0. The number of rotatable bonds is 5. The summed E-state index contributed by atoms with van der Waals surface area (Å²) in [6, 6.07) is 2.70. The molecule has 1 aromatic rings. The Kier molecular flexibility index (Phi) is 5.26. The molecule has 1 unspecified atom stereocenters. The Bertz CT molecular complexity index is 383. The molecule has 17 heavy (non-hydrogen) atoms. The SMILES string of the molecule is CCCNC(C1=CCCCC1)c1csc(Br)c1. The first-order valence-electron chi connectivity index (χ1n) is 6.47. The largest absolute Gasteiger partial charge is 0.307 e. The van der Waals surface area contributed by atoms with Crippen LogP contribution in [0.1, 0.15) is 50.6 Å². The molecule has 94 valence electrons. The first kappa shape index (κ1) is 13.3. The fraction of sp³-hybridized carbons (Fsp3) is 0.571. The lowest BCUT2D eigenvalue weighted by Gasteiger charge is -2.24. The summed E-state index contributed by atoms with van der Waals surface area (Å²) in [5.41, 5.74) is 3.01. The summed E-state index contributed by atoms with van der Waals surface area (Å²) in [6.45, 7) is 3.32. The van der Waals surface area contributed by atoms with Gasteiger partial charge in [-0.15, -0.1) is 11.3 Å². The Labute approximate surface area is 116 Å². The van der Waals surface area contributed by atoms with Gasteiger partial charge in [0, 0.05) is 0 Å². The topological polar surface area (TPSA) is 12.0 Å². The second-order valence-corrected chi connectivity index (χ2v) is 6.89. The van der Waals surface area contributed by atoms with Gasteiger partial charge in [0.05, 0.1) is 9.83 Å². The average molecular weight is 314 g/mol. The van der Waals surface area contributed by atoms with Gasteiger partial charge in [0.15, 0.2) is 0 Å². The van der Waals surface area contributed by atoms with Gasteiger partial charge in [-0.2, -0.15) is 0 Å². The van der Waals surface area contributed by atoms with Crippen LogP contribution in [0, 0.1) is 0 Å². The van der Waals surface area contributed by atoms with Gasteiger partial charge in [0.1, 0.15) is 0 Å². The van der Waals surface area contributed by atoms with Crippen molar-refractivity contribution < 1.29 is 0 Å². The molecule has 0 fully saturated rings. The van der Waals surface area contributed by atoms with Gasteiger partial charge in [-0.05, 0) is 71.6 Å². The molecule has 1 aromatic heterocycles. The zero-order valence-corrected chi connectivity index (χ0v) is 12.7. The fourth-order valence-corrected chi connectivity index (χ4v) is 3.55. The molecule has 3 heteroatoms. The van der Waals surface area contributed by atoms with Crippen molar-refractivity contribution >= 4 is 27.3 Å². The van der Waals surface area contributed by atoms with E-state index in [1.165, 1.54) is 41.5 Å². The number of nitrogens with one attached hydrogen (secondary N) is 1. The molecule has 0 aromatic carbocycles. The Morgan fingerprint density at radius 3 is 2.94 bits per heavy atom. The number of hydrogen-bond donors (Lipinski definition) is 1. The first-order valence-corrected chi connectivity index (χ1v) is 8.14. The normalized spacial score (nSPS) is 17.9. The molecule has 0 spiro atoms. The van der Waals surface area contributed by atoms with E-state index in [1.807, 2.05) is 0 Å². The van der Waals surface area contributed by atoms with Crippen LogP contribution in [-0.4, -0.2) is 6.54 Å². The molecule has 0 radical (unpaired) electrons. The number of halogens is 1. The van der Waals surface area contributed by atoms with Crippen LogP contribution in [0.2, 0.25) is 0 Å². The van der Waals surface area contributed by atoms with Crippen molar-refractivity contribution in [3.05, 3.63) is 32.4 Å². The smallest absolute Gasteiger partial charge is 0.0701 e. The third-order valence-electron chi connectivity index (χ3n) is 3.22. The van der Waals surface area contributed by atoms with Crippen LogP contribution in [0.4, 0.5) is 0 Å². The second-order valence-electron chi connectivity index (χ2n) is 4.60. The number of allylic oxidation sites excluding steroid dienone is 1. The predicted molar refractivity (Wildman–Crippen MR) is 79.6 cm³/mol. The Morgan fingerprint density at radius 2 is 2.35 bits per heavy atom. The van der Waals surface area contributed by atoms with E-state index in [2.05, 4.69) is 45.7 Å². The quantitative estimate of drug-likeness (QED) is 0.750.